The van der Waals surface area contributed by atoms with Gasteiger partial charge in [-0.15, -0.1) is 0 Å². The number of nitrogens with zero attached hydrogens (tertiary/aromatic N) is 1. The molecule has 1 aromatic rings. The lowest BCUT2D eigenvalue weighted by Gasteiger charge is -2.10. The fourth-order valence-corrected chi connectivity index (χ4v) is 2.12. The van der Waals surface area contributed by atoms with Gasteiger partial charge in [-0.3, -0.25) is 4.79 Å². The van der Waals surface area contributed by atoms with Gasteiger partial charge in [0.25, 0.3) is 0 Å². The first-order valence-electron chi connectivity index (χ1n) is 6.41. The predicted molar refractivity (Wildman–Crippen MR) is 71.8 cm³/mol. The number of anilines is 1. The van der Waals surface area contributed by atoms with Crippen molar-refractivity contribution in [2.75, 3.05) is 18.5 Å². The van der Waals surface area contributed by atoms with E-state index in [4.69, 9.17) is 10.00 Å². The van der Waals surface area contributed by atoms with Crippen molar-refractivity contribution >= 4 is 11.6 Å². The van der Waals surface area contributed by atoms with E-state index < -0.39 is 0 Å². The molecule has 2 N–H and O–H groups in total. The Morgan fingerprint density at radius 2 is 2.26 bits per heavy atom. The summed E-state index contributed by atoms with van der Waals surface area (Å²) in [7, 11) is 0. The van der Waals surface area contributed by atoms with Crippen LogP contribution in [-0.4, -0.2) is 25.1 Å². The second-order valence-electron chi connectivity index (χ2n) is 4.52. The average molecular weight is 259 g/mol. The molecular weight excluding hydrogens is 242 g/mol. The Morgan fingerprint density at radius 1 is 1.47 bits per heavy atom. The van der Waals surface area contributed by atoms with Crippen molar-refractivity contribution in [3.63, 3.8) is 0 Å². The summed E-state index contributed by atoms with van der Waals surface area (Å²) >= 11 is 0. The second-order valence-corrected chi connectivity index (χ2v) is 4.52. The molecule has 19 heavy (non-hydrogen) atoms. The summed E-state index contributed by atoms with van der Waals surface area (Å²) in [6.07, 6.45) is 2.71. The summed E-state index contributed by atoms with van der Waals surface area (Å²) in [6.45, 7) is 1.03. The van der Waals surface area contributed by atoms with Crippen LogP contribution >= 0.6 is 0 Å². The van der Waals surface area contributed by atoms with Crippen molar-refractivity contribution in [1.82, 2.24) is 5.32 Å². The van der Waals surface area contributed by atoms with Crippen molar-refractivity contribution in [3.05, 3.63) is 24.3 Å². The second kappa shape index (κ2) is 6.76. The topological polar surface area (TPSA) is 74.1 Å². The van der Waals surface area contributed by atoms with Crippen molar-refractivity contribution in [2.45, 2.75) is 25.3 Å². The van der Waals surface area contributed by atoms with Crippen LogP contribution in [0, 0.1) is 11.3 Å². The van der Waals surface area contributed by atoms with Gasteiger partial charge in [-0.05, 0) is 43.7 Å². The number of ether oxygens (including phenoxy) is 1. The lowest BCUT2D eigenvalue weighted by Crippen LogP contribution is -2.27. The molecule has 5 nitrogen and oxygen atoms in total. The zero-order valence-corrected chi connectivity index (χ0v) is 10.7. The number of carbonyl (C=O) groups is 1. The lowest BCUT2D eigenvalue weighted by molar-refractivity contribution is -0.116. The van der Waals surface area contributed by atoms with Crippen LogP contribution in [0.25, 0.3) is 0 Å². The minimum Gasteiger partial charge on any atom is -0.479 e. The number of amides is 1. The number of nitrogens with one attached hydrogen (secondary N) is 2. The van der Waals surface area contributed by atoms with Crippen LogP contribution < -0.4 is 15.4 Å². The van der Waals surface area contributed by atoms with Crippen LogP contribution in [0.1, 0.15) is 19.3 Å². The smallest absolute Gasteiger partial charge is 0.225 e. The monoisotopic (exact) mass is 259 g/mol. The molecule has 1 unspecified atom stereocenters. The maximum atomic E-state index is 11.8. The van der Waals surface area contributed by atoms with Crippen molar-refractivity contribution in [1.29, 1.82) is 5.26 Å². The molecule has 0 saturated carbocycles. The van der Waals surface area contributed by atoms with Crippen LogP contribution in [0.2, 0.25) is 0 Å². The van der Waals surface area contributed by atoms with Gasteiger partial charge >= 0.3 is 0 Å². The summed E-state index contributed by atoms with van der Waals surface area (Å²) in [5, 5.41) is 14.5. The van der Waals surface area contributed by atoms with E-state index in [0.717, 1.165) is 25.1 Å². The third-order valence-electron chi connectivity index (χ3n) is 3.04. The summed E-state index contributed by atoms with van der Waals surface area (Å²) in [4.78, 5) is 11.8. The average Bonchev–Trinajstić information content (AvgIpc) is 2.90. The molecular formula is C14H17N3O2. The molecule has 1 atom stereocenters. The van der Waals surface area contributed by atoms with Crippen LogP contribution in [0.4, 0.5) is 5.69 Å². The molecule has 2 rings (SSSR count). The third-order valence-corrected chi connectivity index (χ3v) is 3.04. The molecule has 1 amide bonds. The van der Waals surface area contributed by atoms with Crippen molar-refractivity contribution in [3.8, 4) is 11.8 Å². The molecule has 0 aromatic heterocycles. The first kappa shape index (κ1) is 13.4. The summed E-state index contributed by atoms with van der Waals surface area (Å²) in [5.41, 5.74) is 0.743. The molecule has 1 aliphatic heterocycles. The van der Waals surface area contributed by atoms with Crippen molar-refractivity contribution < 1.29 is 9.53 Å². The van der Waals surface area contributed by atoms with E-state index in [9.17, 15) is 4.79 Å². The molecule has 5 heteroatoms. The van der Waals surface area contributed by atoms with Gasteiger partial charge in [0.15, 0.2) is 6.61 Å². The first-order valence-corrected chi connectivity index (χ1v) is 6.41. The van der Waals surface area contributed by atoms with Crippen LogP contribution in [0.15, 0.2) is 24.3 Å². The Morgan fingerprint density at radius 3 is 2.89 bits per heavy atom. The van der Waals surface area contributed by atoms with E-state index in [1.165, 1.54) is 0 Å². The van der Waals surface area contributed by atoms with E-state index in [-0.39, 0.29) is 12.5 Å². The Labute approximate surface area is 112 Å². The van der Waals surface area contributed by atoms with Crippen LogP contribution in [0.5, 0.6) is 5.75 Å². The molecule has 0 radical (unpaired) electrons. The third kappa shape index (κ3) is 4.27. The molecule has 1 fully saturated rings. The van der Waals surface area contributed by atoms with Gasteiger partial charge in [-0.2, -0.15) is 5.26 Å². The summed E-state index contributed by atoms with van der Waals surface area (Å²) in [5.74, 6) is 0.641. The minimum absolute atomic E-state index is 0.0186. The molecule has 1 aromatic carbocycles. The fourth-order valence-electron chi connectivity index (χ4n) is 2.12. The number of nitriles is 1. The molecule has 1 saturated heterocycles. The summed E-state index contributed by atoms with van der Waals surface area (Å²) in [6, 6.07) is 9.22. The van der Waals surface area contributed by atoms with Gasteiger partial charge in [0, 0.05) is 18.2 Å². The highest BCUT2D eigenvalue weighted by Gasteiger charge is 2.17. The fraction of sp³-hybridized carbons (Fsp3) is 0.429. The molecule has 0 bridgehead atoms. The Hall–Kier alpha value is -2.06. The van der Waals surface area contributed by atoms with Crippen LogP contribution in [0.3, 0.4) is 0 Å². The molecule has 0 aliphatic carbocycles. The maximum Gasteiger partial charge on any atom is 0.225 e. The Balaban J connectivity index is 1.81. The standard InChI is InChI=1S/C14H17N3O2/c15-7-9-19-13-5-3-11(4-6-13)17-14(18)10-12-2-1-8-16-12/h3-6,12,16H,1-2,8-10H2,(H,17,18). The van der Waals surface area contributed by atoms with Gasteiger partial charge in [0.1, 0.15) is 11.8 Å². The number of hydrogen-bond donors (Lipinski definition) is 2. The molecule has 0 spiro atoms. The van der Waals surface area contributed by atoms with Gasteiger partial charge in [0.05, 0.1) is 0 Å². The highest BCUT2D eigenvalue weighted by Crippen LogP contribution is 2.16. The first-order chi connectivity index (χ1) is 9.28. The maximum absolute atomic E-state index is 11.8. The SMILES string of the molecule is N#CCOc1ccc(NC(=O)CC2CCCN2)cc1. The largest absolute Gasteiger partial charge is 0.479 e. The number of carbonyl (C=O) groups excluding carboxylic acids is 1. The highest BCUT2D eigenvalue weighted by molar-refractivity contribution is 5.91. The van der Waals surface area contributed by atoms with Crippen LogP contribution in [-0.2, 0) is 4.79 Å². The van der Waals surface area contributed by atoms with E-state index >= 15 is 0 Å². The van der Waals surface area contributed by atoms with E-state index in [0.29, 0.717) is 18.2 Å². The van der Waals surface area contributed by atoms with Gasteiger partial charge in [-0.1, -0.05) is 0 Å². The number of rotatable bonds is 5. The van der Waals surface area contributed by atoms with Crippen molar-refractivity contribution in [2.24, 2.45) is 0 Å². The molecule has 1 aliphatic rings. The van der Waals surface area contributed by atoms with E-state index in [1.807, 2.05) is 6.07 Å². The normalized spacial score (nSPS) is 17.7. The quantitative estimate of drug-likeness (QED) is 0.843. The predicted octanol–water partition coefficient (Wildman–Crippen LogP) is 1.67. The van der Waals surface area contributed by atoms with Gasteiger partial charge < -0.3 is 15.4 Å². The number of hydrogen-bond acceptors (Lipinski definition) is 4. The zero-order chi connectivity index (χ0) is 13.5. The molecule has 1 heterocycles. The van der Waals surface area contributed by atoms with E-state index in [2.05, 4.69) is 10.6 Å². The Kier molecular flexibility index (Phi) is 4.76. The molecule has 100 valence electrons. The summed E-state index contributed by atoms with van der Waals surface area (Å²) < 4.78 is 5.14. The Bertz CT molecular complexity index is 459. The lowest BCUT2D eigenvalue weighted by atomic mass is 10.1. The number of benzene rings is 1. The minimum atomic E-state index is 0.0186. The highest BCUT2D eigenvalue weighted by atomic mass is 16.5. The van der Waals surface area contributed by atoms with Gasteiger partial charge in [0.2, 0.25) is 5.91 Å². The van der Waals surface area contributed by atoms with Gasteiger partial charge in [-0.25, -0.2) is 0 Å². The van der Waals surface area contributed by atoms with E-state index in [1.54, 1.807) is 24.3 Å². The zero-order valence-electron chi connectivity index (χ0n) is 10.7.